The van der Waals surface area contributed by atoms with E-state index in [2.05, 4.69) is 24.1 Å². The number of hydrogen-bond acceptors (Lipinski definition) is 2. The van der Waals surface area contributed by atoms with Crippen LogP contribution in [0.1, 0.15) is 45.1 Å². The first-order valence-electron chi connectivity index (χ1n) is 8.39. The van der Waals surface area contributed by atoms with E-state index in [0.29, 0.717) is 12.1 Å². The summed E-state index contributed by atoms with van der Waals surface area (Å²) in [4.78, 5) is 14.9. The summed E-state index contributed by atoms with van der Waals surface area (Å²) in [6.45, 7) is 7.99. The molecule has 2 rings (SSSR count). The Morgan fingerprint density at radius 2 is 1.95 bits per heavy atom. The van der Waals surface area contributed by atoms with Crippen molar-refractivity contribution in [1.29, 1.82) is 0 Å². The minimum absolute atomic E-state index is 0.0107. The van der Waals surface area contributed by atoms with Gasteiger partial charge in [-0.25, -0.2) is 4.39 Å². The summed E-state index contributed by atoms with van der Waals surface area (Å²) >= 11 is 0. The fourth-order valence-electron chi connectivity index (χ4n) is 3.21. The van der Waals surface area contributed by atoms with E-state index in [-0.39, 0.29) is 11.7 Å². The Balaban J connectivity index is 1.92. The molecular formula is C18H27FN2O. The molecule has 1 aromatic carbocycles. The highest BCUT2D eigenvalue weighted by atomic mass is 19.1. The highest BCUT2D eigenvalue weighted by molar-refractivity contribution is 5.89. The number of carbonyl (C=O) groups excluding carboxylic acids is 1. The van der Waals surface area contributed by atoms with E-state index in [4.69, 9.17) is 0 Å². The average molecular weight is 306 g/mol. The molecule has 0 aromatic heterocycles. The van der Waals surface area contributed by atoms with Crippen molar-refractivity contribution in [3.8, 4) is 0 Å². The van der Waals surface area contributed by atoms with Crippen molar-refractivity contribution < 1.29 is 9.18 Å². The van der Waals surface area contributed by atoms with Crippen molar-refractivity contribution in [3.63, 3.8) is 0 Å². The molecule has 1 amide bonds. The Bertz CT molecular complexity index is 496. The summed E-state index contributed by atoms with van der Waals surface area (Å²) in [7, 11) is 0. The molecule has 0 radical (unpaired) electrons. The molecule has 3 nitrogen and oxygen atoms in total. The van der Waals surface area contributed by atoms with Crippen molar-refractivity contribution in [2.45, 2.75) is 44.9 Å². The minimum Gasteiger partial charge on any atom is -0.355 e. The molecule has 0 saturated heterocycles. The molecular weight excluding hydrogens is 279 g/mol. The molecule has 22 heavy (non-hydrogen) atoms. The van der Waals surface area contributed by atoms with Gasteiger partial charge in [-0.15, -0.1) is 0 Å². The monoisotopic (exact) mass is 306 g/mol. The fraction of sp³-hybridized carbons (Fsp3) is 0.611. The maximum absolute atomic E-state index is 14.1. The molecule has 1 saturated carbocycles. The molecule has 1 N–H and O–H groups in total. The zero-order valence-electron chi connectivity index (χ0n) is 13.7. The van der Waals surface area contributed by atoms with Crippen LogP contribution in [0.25, 0.3) is 0 Å². The molecule has 1 aliphatic carbocycles. The topological polar surface area (TPSA) is 32.3 Å². The van der Waals surface area contributed by atoms with Crippen LogP contribution in [0.4, 0.5) is 4.39 Å². The van der Waals surface area contributed by atoms with E-state index in [0.717, 1.165) is 45.3 Å². The summed E-state index contributed by atoms with van der Waals surface area (Å²) < 4.78 is 14.1. The van der Waals surface area contributed by atoms with Gasteiger partial charge in [0.25, 0.3) is 0 Å². The lowest BCUT2D eigenvalue weighted by atomic mass is 9.63. The lowest BCUT2D eigenvalue weighted by Gasteiger charge is -2.40. The summed E-state index contributed by atoms with van der Waals surface area (Å²) in [5, 5.41) is 3.02. The lowest BCUT2D eigenvalue weighted by molar-refractivity contribution is -0.130. The Morgan fingerprint density at radius 3 is 2.50 bits per heavy atom. The molecule has 0 bridgehead atoms. The molecule has 0 heterocycles. The van der Waals surface area contributed by atoms with Crippen LogP contribution < -0.4 is 5.32 Å². The zero-order chi connectivity index (χ0) is 16.0. The van der Waals surface area contributed by atoms with Crippen molar-refractivity contribution in [2.75, 3.05) is 26.2 Å². The van der Waals surface area contributed by atoms with E-state index in [1.807, 2.05) is 6.07 Å². The SMILES string of the molecule is CCN(CC)CCCNC(=O)C1(c2ccccc2F)CCC1. The molecule has 122 valence electrons. The van der Waals surface area contributed by atoms with Gasteiger partial charge in [-0.2, -0.15) is 0 Å². The predicted octanol–water partition coefficient (Wildman–Crippen LogP) is 3.10. The highest BCUT2D eigenvalue weighted by Crippen LogP contribution is 2.44. The van der Waals surface area contributed by atoms with Crippen molar-refractivity contribution >= 4 is 5.91 Å². The smallest absolute Gasteiger partial charge is 0.230 e. The second kappa shape index (κ2) is 7.73. The van der Waals surface area contributed by atoms with Crippen LogP contribution in [-0.4, -0.2) is 37.0 Å². The van der Waals surface area contributed by atoms with Gasteiger partial charge in [-0.3, -0.25) is 4.79 Å². The van der Waals surface area contributed by atoms with E-state index >= 15 is 0 Å². The molecule has 1 fully saturated rings. The van der Waals surface area contributed by atoms with Crippen LogP contribution in [0.5, 0.6) is 0 Å². The van der Waals surface area contributed by atoms with Gasteiger partial charge in [0.2, 0.25) is 5.91 Å². The second-order valence-corrected chi connectivity index (χ2v) is 6.05. The van der Waals surface area contributed by atoms with E-state index < -0.39 is 5.41 Å². The fourth-order valence-corrected chi connectivity index (χ4v) is 3.21. The van der Waals surface area contributed by atoms with Crippen molar-refractivity contribution in [1.82, 2.24) is 10.2 Å². The minimum atomic E-state index is -0.638. The van der Waals surface area contributed by atoms with Gasteiger partial charge >= 0.3 is 0 Å². The molecule has 0 atom stereocenters. The summed E-state index contributed by atoms with van der Waals surface area (Å²) in [6, 6.07) is 6.69. The maximum Gasteiger partial charge on any atom is 0.230 e. The summed E-state index contributed by atoms with van der Waals surface area (Å²) in [5.41, 5.74) is -0.0805. The molecule has 0 aliphatic heterocycles. The van der Waals surface area contributed by atoms with Gasteiger partial charge in [0, 0.05) is 12.1 Å². The van der Waals surface area contributed by atoms with Crippen molar-refractivity contribution in [2.24, 2.45) is 0 Å². The molecule has 1 aliphatic rings. The van der Waals surface area contributed by atoms with Crippen molar-refractivity contribution in [3.05, 3.63) is 35.6 Å². The van der Waals surface area contributed by atoms with Gasteiger partial charge in [0.05, 0.1) is 5.41 Å². The van der Waals surface area contributed by atoms with Gasteiger partial charge in [0.1, 0.15) is 5.82 Å². The van der Waals surface area contributed by atoms with Gasteiger partial charge < -0.3 is 10.2 Å². The van der Waals surface area contributed by atoms with Gasteiger partial charge in [-0.05, 0) is 45.0 Å². The number of nitrogens with one attached hydrogen (secondary N) is 1. The number of amides is 1. The van der Waals surface area contributed by atoms with Crippen LogP contribution >= 0.6 is 0 Å². The number of carbonyl (C=O) groups is 1. The van der Waals surface area contributed by atoms with Crippen LogP contribution in [0.3, 0.4) is 0 Å². The highest BCUT2D eigenvalue weighted by Gasteiger charge is 2.46. The molecule has 0 unspecified atom stereocenters. The number of rotatable bonds is 8. The van der Waals surface area contributed by atoms with E-state index in [9.17, 15) is 9.18 Å². The molecule has 1 aromatic rings. The number of nitrogens with zero attached hydrogens (tertiary/aromatic N) is 1. The Hall–Kier alpha value is -1.42. The van der Waals surface area contributed by atoms with Crippen LogP contribution in [0.15, 0.2) is 24.3 Å². The standard InChI is InChI=1S/C18H27FN2O/c1-3-21(4-2)14-8-13-20-17(22)18(11-7-12-18)15-9-5-6-10-16(15)19/h5-6,9-10H,3-4,7-8,11-14H2,1-2H3,(H,20,22). The largest absolute Gasteiger partial charge is 0.355 e. The second-order valence-electron chi connectivity index (χ2n) is 6.05. The maximum atomic E-state index is 14.1. The Kier molecular flexibility index (Phi) is 5.95. The first-order chi connectivity index (χ1) is 10.6. The van der Waals surface area contributed by atoms with E-state index in [1.54, 1.807) is 12.1 Å². The quantitative estimate of drug-likeness (QED) is 0.749. The van der Waals surface area contributed by atoms with E-state index in [1.165, 1.54) is 6.07 Å². The molecule has 4 heteroatoms. The lowest BCUT2D eigenvalue weighted by Crippen LogP contribution is -2.50. The average Bonchev–Trinajstić information content (AvgIpc) is 2.48. The van der Waals surface area contributed by atoms with Crippen LogP contribution in [0, 0.1) is 5.82 Å². The third kappa shape index (κ3) is 3.49. The number of halogens is 1. The Morgan fingerprint density at radius 1 is 1.27 bits per heavy atom. The number of hydrogen-bond donors (Lipinski definition) is 1. The summed E-state index contributed by atoms with van der Waals surface area (Å²) in [6.07, 6.45) is 3.41. The third-order valence-corrected chi connectivity index (χ3v) is 4.86. The summed E-state index contributed by atoms with van der Waals surface area (Å²) in [5.74, 6) is -0.274. The first-order valence-corrected chi connectivity index (χ1v) is 8.39. The van der Waals surface area contributed by atoms with Gasteiger partial charge in [-0.1, -0.05) is 38.5 Å². The normalized spacial score (nSPS) is 16.4. The van der Waals surface area contributed by atoms with Gasteiger partial charge in [0.15, 0.2) is 0 Å². The zero-order valence-corrected chi connectivity index (χ0v) is 13.7. The van der Waals surface area contributed by atoms with Crippen LogP contribution in [-0.2, 0) is 10.2 Å². The first kappa shape index (κ1) is 16.9. The molecule has 0 spiro atoms. The Labute approximate surface area is 132 Å². The third-order valence-electron chi connectivity index (χ3n) is 4.86. The predicted molar refractivity (Wildman–Crippen MR) is 87.3 cm³/mol. The number of benzene rings is 1. The van der Waals surface area contributed by atoms with Crippen LogP contribution in [0.2, 0.25) is 0 Å².